The maximum absolute atomic E-state index is 11.4. The molecule has 0 atom stereocenters. The monoisotopic (exact) mass is 214 g/mol. The second-order valence-electron chi connectivity index (χ2n) is 4.66. The van der Waals surface area contributed by atoms with Gasteiger partial charge in [-0.05, 0) is 33.1 Å². The van der Waals surface area contributed by atoms with Crippen LogP contribution in [-0.4, -0.2) is 30.7 Å². The van der Waals surface area contributed by atoms with Gasteiger partial charge in [0.25, 0.3) is 0 Å². The topological polar surface area (TPSA) is 64.3 Å². The summed E-state index contributed by atoms with van der Waals surface area (Å²) in [7, 11) is 0. The van der Waals surface area contributed by atoms with Gasteiger partial charge >= 0.3 is 0 Å². The predicted octanol–water partition coefficient (Wildman–Crippen LogP) is 0.799. The molecule has 0 aromatic heterocycles. The summed E-state index contributed by atoms with van der Waals surface area (Å²) in [6.45, 7) is 5.10. The third-order valence-corrected chi connectivity index (χ3v) is 2.74. The lowest BCUT2D eigenvalue weighted by Crippen LogP contribution is -2.50. The fourth-order valence-electron chi connectivity index (χ4n) is 1.68. The SMILES string of the molecule is CC(C)OCCNC(=O)CC1(N)CCC1. The van der Waals surface area contributed by atoms with Crippen molar-refractivity contribution < 1.29 is 9.53 Å². The van der Waals surface area contributed by atoms with Gasteiger partial charge in [0, 0.05) is 18.5 Å². The molecule has 0 unspecified atom stereocenters. The van der Waals surface area contributed by atoms with E-state index in [4.69, 9.17) is 10.5 Å². The van der Waals surface area contributed by atoms with E-state index in [2.05, 4.69) is 5.32 Å². The van der Waals surface area contributed by atoms with Crippen LogP contribution in [0.4, 0.5) is 0 Å². The molecule has 0 radical (unpaired) electrons. The van der Waals surface area contributed by atoms with Gasteiger partial charge in [-0.2, -0.15) is 0 Å². The minimum absolute atomic E-state index is 0.0459. The van der Waals surface area contributed by atoms with Crippen LogP contribution in [0.15, 0.2) is 0 Å². The van der Waals surface area contributed by atoms with Crippen molar-refractivity contribution in [2.75, 3.05) is 13.2 Å². The first kappa shape index (κ1) is 12.5. The zero-order chi connectivity index (χ0) is 11.3. The van der Waals surface area contributed by atoms with Crippen molar-refractivity contribution in [2.45, 2.75) is 51.2 Å². The fraction of sp³-hybridized carbons (Fsp3) is 0.909. The van der Waals surface area contributed by atoms with E-state index in [1.165, 1.54) is 0 Å². The smallest absolute Gasteiger partial charge is 0.221 e. The van der Waals surface area contributed by atoms with E-state index in [-0.39, 0.29) is 17.6 Å². The lowest BCUT2D eigenvalue weighted by molar-refractivity contribution is -0.123. The van der Waals surface area contributed by atoms with Gasteiger partial charge in [-0.3, -0.25) is 4.79 Å². The van der Waals surface area contributed by atoms with Crippen LogP contribution in [0.25, 0.3) is 0 Å². The molecule has 1 aliphatic carbocycles. The number of nitrogens with two attached hydrogens (primary N) is 1. The Bertz CT molecular complexity index is 213. The third kappa shape index (κ3) is 4.62. The maximum atomic E-state index is 11.4. The molecular formula is C11H22N2O2. The Morgan fingerprint density at radius 3 is 2.67 bits per heavy atom. The Kier molecular flexibility index (Phi) is 4.54. The summed E-state index contributed by atoms with van der Waals surface area (Å²) in [5.41, 5.74) is 5.74. The molecular weight excluding hydrogens is 192 g/mol. The van der Waals surface area contributed by atoms with E-state index in [9.17, 15) is 4.79 Å². The van der Waals surface area contributed by atoms with Gasteiger partial charge in [-0.25, -0.2) is 0 Å². The molecule has 15 heavy (non-hydrogen) atoms. The van der Waals surface area contributed by atoms with Gasteiger partial charge in [0.15, 0.2) is 0 Å². The van der Waals surface area contributed by atoms with Crippen molar-refractivity contribution in [2.24, 2.45) is 5.73 Å². The Labute approximate surface area is 91.5 Å². The van der Waals surface area contributed by atoms with Crippen LogP contribution >= 0.6 is 0 Å². The van der Waals surface area contributed by atoms with E-state index in [0.717, 1.165) is 19.3 Å². The van der Waals surface area contributed by atoms with Crippen LogP contribution in [-0.2, 0) is 9.53 Å². The molecule has 0 aliphatic heterocycles. The molecule has 4 heteroatoms. The molecule has 0 spiro atoms. The Balaban J connectivity index is 2.03. The van der Waals surface area contributed by atoms with Crippen LogP contribution in [0.5, 0.6) is 0 Å². The van der Waals surface area contributed by atoms with Crippen LogP contribution in [0.1, 0.15) is 39.5 Å². The van der Waals surface area contributed by atoms with Crippen molar-refractivity contribution in [3.8, 4) is 0 Å². The van der Waals surface area contributed by atoms with Crippen LogP contribution in [0.3, 0.4) is 0 Å². The Morgan fingerprint density at radius 2 is 2.20 bits per heavy atom. The summed E-state index contributed by atoms with van der Waals surface area (Å²) in [6, 6.07) is 0. The average Bonchev–Trinajstić information content (AvgIpc) is 2.09. The number of carbonyl (C=O) groups excluding carboxylic acids is 1. The maximum Gasteiger partial charge on any atom is 0.221 e. The highest BCUT2D eigenvalue weighted by molar-refractivity contribution is 5.77. The summed E-state index contributed by atoms with van der Waals surface area (Å²) in [6.07, 6.45) is 3.77. The number of hydrogen-bond acceptors (Lipinski definition) is 3. The number of hydrogen-bond donors (Lipinski definition) is 2. The standard InChI is InChI=1S/C11H22N2O2/c1-9(2)15-7-6-13-10(14)8-11(12)4-3-5-11/h9H,3-8,12H2,1-2H3,(H,13,14). The van der Waals surface area contributed by atoms with Gasteiger partial charge in [0.2, 0.25) is 5.91 Å². The Hall–Kier alpha value is -0.610. The largest absolute Gasteiger partial charge is 0.377 e. The second-order valence-corrected chi connectivity index (χ2v) is 4.66. The average molecular weight is 214 g/mol. The second kappa shape index (κ2) is 5.47. The number of amides is 1. The third-order valence-electron chi connectivity index (χ3n) is 2.74. The summed E-state index contributed by atoms with van der Waals surface area (Å²) in [5, 5.41) is 2.82. The van der Waals surface area contributed by atoms with Crippen molar-refractivity contribution in [1.29, 1.82) is 0 Å². The van der Waals surface area contributed by atoms with Crippen LogP contribution in [0.2, 0.25) is 0 Å². The van der Waals surface area contributed by atoms with Gasteiger partial charge in [0.05, 0.1) is 12.7 Å². The molecule has 1 amide bonds. The quantitative estimate of drug-likeness (QED) is 0.643. The zero-order valence-electron chi connectivity index (χ0n) is 9.71. The number of rotatable bonds is 6. The molecule has 1 saturated carbocycles. The fourth-order valence-corrected chi connectivity index (χ4v) is 1.68. The molecule has 0 aromatic rings. The Morgan fingerprint density at radius 1 is 1.53 bits per heavy atom. The van der Waals surface area contributed by atoms with Crippen molar-refractivity contribution >= 4 is 5.91 Å². The van der Waals surface area contributed by atoms with E-state index >= 15 is 0 Å². The zero-order valence-corrected chi connectivity index (χ0v) is 9.71. The highest BCUT2D eigenvalue weighted by Gasteiger charge is 2.34. The van der Waals surface area contributed by atoms with Gasteiger partial charge in [-0.1, -0.05) is 0 Å². The summed E-state index contributed by atoms with van der Waals surface area (Å²) in [4.78, 5) is 11.4. The van der Waals surface area contributed by atoms with E-state index in [1.807, 2.05) is 13.8 Å². The van der Waals surface area contributed by atoms with E-state index in [1.54, 1.807) is 0 Å². The number of nitrogens with one attached hydrogen (secondary N) is 1. The van der Waals surface area contributed by atoms with Crippen molar-refractivity contribution in [3.63, 3.8) is 0 Å². The van der Waals surface area contributed by atoms with Gasteiger partial charge in [0.1, 0.15) is 0 Å². The van der Waals surface area contributed by atoms with Crippen molar-refractivity contribution in [1.82, 2.24) is 5.32 Å². The summed E-state index contributed by atoms with van der Waals surface area (Å²) < 4.78 is 5.32. The molecule has 88 valence electrons. The first-order valence-electron chi connectivity index (χ1n) is 5.69. The molecule has 1 aliphatic rings. The lowest BCUT2D eigenvalue weighted by Gasteiger charge is -2.37. The lowest BCUT2D eigenvalue weighted by atomic mass is 9.75. The van der Waals surface area contributed by atoms with Crippen LogP contribution < -0.4 is 11.1 Å². The first-order chi connectivity index (χ1) is 7.02. The highest BCUT2D eigenvalue weighted by Crippen LogP contribution is 2.31. The predicted molar refractivity (Wildman–Crippen MR) is 59.5 cm³/mol. The molecule has 0 aromatic carbocycles. The summed E-state index contributed by atoms with van der Waals surface area (Å²) in [5.74, 6) is 0.0459. The van der Waals surface area contributed by atoms with Gasteiger partial charge in [-0.15, -0.1) is 0 Å². The van der Waals surface area contributed by atoms with Crippen molar-refractivity contribution in [3.05, 3.63) is 0 Å². The van der Waals surface area contributed by atoms with E-state index in [0.29, 0.717) is 19.6 Å². The molecule has 1 rings (SSSR count). The number of ether oxygens (including phenoxy) is 1. The minimum Gasteiger partial charge on any atom is -0.377 e. The van der Waals surface area contributed by atoms with Crippen LogP contribution in [0, 0.1) is 0 Å². The molecule has 4 nitrogen and oxygen atoms in total. The summed E-state index contributed by atoms with van der Waals surface area (Å²) >= 11 is 0. The number of carbonyl (C=O) groups is 1. The highest BCUT2D eigenvalue weighted by atomic mass is 16.5. The molecule has 0 bridgehead atoms. The van der Waals surface area contributed by atoms with E-state index < -0.39 is 0 Å². The minimum atomic E-state index is -0.219. The first-order valence-corrected chi connectivity index (χ1v) is 5.69. The molecule has 0 saturated heterocycles. The molecule has 3 N–H and O–H groups in total. The van der Waals surface area contributed by atoms with Gasteiger partial charge < -0.3 is 15.8 Å². The molecule has 0 heterocycles. The normalized spacial score (nSPS) is 18.7. The molecule has 1 fully saturated rings.